The van der Waals surface area contributed by atoms with Gasteiger partial charge >= 0.3 is 11.9 Å². The summed E-state index contributed by atoms with van der Waals surface area (Å²) < 4.78 is 4.94. The normalized spacial score (nSPS) is 12.4. The van der Waals surface area contributed by atoms with E-state index in [9.17, 15) is 19.5 Å². The molecule has 0 aliphatic heterocycles. The van der Waals surface area contributed by atoms with Crippen LogP contribution in [0.25, 0.3) is 0 Å². The van der Waals surface area contributed by atoms with E-state index < -0.39 is 32.0 Å². The molecule has 0 unspecified atom stereocenters. The first kappa shape index (κ1) is 22.4. The highest BCUT2D eigenvalue weighted by Gasteiger charge is 2.33. The van der Waals surface area contributed by atoms with Crippen LogP contribution in [-0.2, 0) is 9.59 Å². The molecule has 1 amide bonds. The molecule has 0 heterocycles. The Labute approximate surface area is 161 Å². The summed E-state index contributed by atoms with van der Waals surface area (Å²) in [5.74, 6) is 0.960. The zero-order valence-corrected chi connectivity index (χ0v) is 17.7. The Bertz CT molecular complexity index is 784. The lowest BCUT2D eigenvalue weighted by atomic mass is 10.1. The fourth-order valence-corrected chi connectivity index (χ4v) is 2.79. The lowest BCUT2D eigenvalue weighted by Gasteiger charge is -2.31. The summed E-state index contributed by atoms with van der Waals surface area (Å²) in [5, 5.41) is 11.9. The Morgan fingerprint density at radius 3 is 2.41 bits per heavy atom. The van der Waals surface area contributed by atoms with Crippen LogP contribution >= 0.6 is 0 Å². The largest absolute Gasteiger partial charge is 0.480 e. The van der Waals surface area contributed by atoms with Crippen LogP contribution in [0.1, 0.15) is 44.5 Å². The van der Waals surface area contributed by atoms with Crippen molar-refractivity contribution in [2.24, 2.45) is 0 Å². The number of benzene rings is 1. The van der Waals surface area contributed by atoms with Crippen LogP contribution in [-0.4, -0.2) is 37.1 Å². The second-order valence-corrected chi connectivity index (χ2v) is 12.9. The topological polar surface area (TPSA) is 92.7 Å². The fraction of sp³-hybridized carbons (Fsp3) is 0.450. The lowest BCUT2D eigenvalue weighted by molar-refractivity contribution is -0.139. The minimum atomic E-state index is -1.85. The number of hydrogen-bond acceptors (Lipinski definition) is 4. The lowest BCUT2D eigenvalue weighted by Crippen LogP contribution is -2.41. The molecule has 0 aliphatic rings. The molecule has 6 nitrogen and oxygen atoms in total. The number of aliphatic carboxylic acids is 1. The number of amides is 1. The van der Waals surface area contributed by atoms with Gasteiger partial charge in [0.15, 0.2) is 0 Å². The first-order valence-electron chi connectivity index (χ1n) is 8.65. The molecule has 0 spiro atoms. The van der Waals surface area contributed by atoms with Crippen LogP contribution in [0.15, 0.2) is 24.3 Å². The van der Waals surface area contributed by atoms with Crippen LogP contribution in [0, 0.1) is 11.5 Å². The van der Waals surface area contributed by atoms with E-state index in [1.807, 2.05) is 0 Å². The predicted molar refractivity (Wildman–Crippen MR) is 106 cm³/mol. The average molecular weight is 390 g/mol. The number of esters is 1. The molecule has 1 rings (SSSR count). The number of hydrogen-bond donors (Lipinski definition) is 2. The maximum absolute atomic E-state index is 12.4. The quantitative estimate of drug-likeness (QED) is 0.349. The van der Waals surface area contributed by atoms with E-state index >= 15 is 0 Å². The van der Waals surface area contributed by atoms with Gasteiger partial charge in [-0.25, -0.2) is 4.79 Å². The molecule has 0 bridgehead atoms. The Kier molecular flexibility index (Phi) is 7.37. The molecular formula is C20H27NO5Si. The third-order valence-electron chi connectivity index (χ3n) is 4.54. The van der Waals surface area contributed by atoms with E-state index in [0.717, 1.165) is 0 Å². The van der Waals surface area contributed by atoms with Crippen molar-refractivity contribution in [1.29, 1.82) is 0 Å². The van der Waals surface area contributed by atoms with Gasteiger partial charge in [-0.3, -0.25) is 9.59 Å². The molecule has 1 atom stereocenters. The van der Waals surface area contributed by atoms with Gasteiger partial charge in [0.25, 0.3) is 5.91 Å². The smallest absolute Gasteiger partial charge is 0.327 e. The zero-order chi connectivity index (χ0) is 20.8. The van der Waals surface area contributed by atoms with E-state index in [1.54, 1.807) is 6.07 Å². The Morgan fingerprint density at radius 2 is 1.89 bits per heavy atom. The van der Waals surface area contributed by atoms with Crippen LogP contribution < -0.4 is 10.1 Å². The minimum absolute atomic E-state index is 0.0250. The van der Waals surface area contributed by atoms with Gasteiger partial charge in [0.05, 0.1) is 0 Å². The van der Waals surface area contributed by atoms with E-state index in [1.165, 1.54) is 25.1 Å². The van der Waals surface area contributed by atoms with Crippen molar-refractivity contribution in [1.82, 2.24) is 5.32 Å². The highest BCUT2D eigenvalue weighted by Crippen LogP contribution is 2.35. The van der Waals surface area contributed by atoms with E-state index in [4.69, 9.17) is 4.74 Å². The molecule has 0 aromatic heterocycles. The van der Waals surface area contributed by atoms with Crippen molar-refractivity contribution in [3.63, 3.8) is 0 Å². The Morgan fingerprint density at radius 1 is 1.26 bits per heavy atom. The fourth-order valence-electron chi connectivity index (χ4n) is 1.87. The molecule has 0 saturated carbocycles. The Balaban J connectivity index is 2.88. The number of carboxylic acid groups (broad SMARTS) is 1. The SMILES string of the molecule is CC(=O)Oc1cccc(C(=O)N[C@H](CC#C[Si](C)(C)C(C)(C)C)C(=O)O)c1. The number of carbonyl (C=O) groups excluding carboxylic acids is 2. The van der Waals surface area contributed by atoms with Crippen molar-refractivity contribution in [2.45, 2.75) is 58.3 Å². The molecule has 0 radical (unpaired) electrons. The van der Waals surface area contributed by atoms with Gasteiger partial charge in [0, 0.05) is 18.9 Å². The van der Waals surface area contributed by atoms with Gasteiger partial charge in [-0.15, -0.1) is 11.5 Å². The van der Waals surface area contributed by atoms with Crippen LogP contribution in [0.4, 0.5) is 0 Å². The minimum Gasteiger partial charge on any atom is -0.480 e. The molecule has 1 aromatic carbocycles. The summed E-state index contributed by atoms with van der Waals surface area (Å²) in [4.78, 5) is 34.9. The third kappa shape index (κ3) is 6.91. The van der Waals surface area contributed by atoms with Gasteiger partial charge in [-0.1, -0.05) is 39.9 Å². The summed E-state index contributed by atoms with van der Waals surface area (Å²) in [5.41, 5.74) is 3.45. The molecule has 2 N–H and O–H groups in total. The predicted octanol–water partition coefficient (Wildman–Crippen LogP) is 3.24. The Hall–Kier alpha value is -2.59. The second-order valence-electron chi connectivity index (χ2n) is 7.87. The highest BCUT2D eigenvalue weighted by atomic mass is 28.3. The van der Waals surface area contributed by atoms with E-state index in [-0.39, 0.29) is 22.8 Å². The van der Waals surface area contributed by atoms with Gasteiger partial charge < -0.3 is 15.2 Å². The van der Waals surface area contributed by atoms with Gasteiger partial charge in [-0.2, -0.15) is 0 Å². The second kappa shape index (κ2) is 8.87. The molecular weight excluding hydrogens is 362 g/mol. The van der Waals surface area contributed by atoms with Crippen molar-refractivity contribution in [3.05, 3.63) is 29.8 Å². The standard InChI is InChI=1S/C20H27NO5Si/c1-14(22)26-16-10-7-9-15(13-16)18(23)21-17(19(24)25)11-8-12-27(5,6)20(2,3)4/h7,9-10,13,17H,11H2,1-6H3,(H,21,23)(H,24,25)/t17-/m1/s1. The number of carboxylic acids is 1. The molecule has 1 aromatic rings. The first-order chi connectivity index (χ1) is 12.3. The number of nitrogens with one attached hydrogen (secondary N) is 1. The summed E-state index contributed by atoms with van der Waals surface area (Å²) in [6.45, 7) is 11.9. The molecule has 0 saturated heterocycles. The van der Waals surface area contributed by atoms with Gasteiger partial charge in [-0.05, 0) is 23.2 Å². The van der Waals surface area contributed by atoms with Crippen LogP contribution in [0.3, 0.4) is 0 Å². The van der Waals surface area contributed by atoms with Crippen LogP contribution in [0.5, 0.6) is 5.75 Å². The molecule has 0 aliphatic carbocycles. The van der Waals surface area contributed by atoms with Gasteiger partial charge in [0.2, 0.25) is 0 Å². The number of carbonyl (C=O) groups is 3. The summed E-state index contributed by atoms with van der Waals surface area (Å²) in [7, 11) is -1.85. The monoisotopic (exact) mass is 389 g/mol. The first-order valence-corrected chi connectivity index (χ1v) is 11.7. The molecule has 146 valence electrons. The maximum Gasteiger partial charge on any atom is 0.327 e. The van der Waals surface area contributed by atoms with Crippen molar-refractivity contribution in [2.75, 3.05) is 0 Å². The van der Waals surface area contributed by atoms with Crippen LogP contribution in [0.2, 0.25) is 18.1 Å². The van der Waals surface area contributed by atoms with Crippen molar-refractivity contribution >= 4 is 25.9 Å². The molecule has 27 heavy (non-hydrogen) atoms. The highest BCUT2D eigenvalue weighted by molar-refractivity contribution is 6.87. The van der Waals surface area contributed by atoms with Crippen molar-refractivity contribution in [3.8, 4) is 17.2 Å². The summed E-state index contributed by atoms with van der Waals surface area (Å²) in [6, 6.07) is 4.88. The zero-order valence-electron chi connectivity index (χ0n) is 16.7. The van der Waals surface area contributed by atoms with Crippen molar-refractivity contribution < 1.29 is 24.2 Å². The van der Waals surface area contributed by atoms with Gasteiger partial charge in [0.1, 0.15) is 19.9 Å². The third-order valence-corrected chi connectivity index (χ3v) is 9.10. The average Bonchev–Trinajstić information content (AvgIpc) is 2.52. The molecule has 0 fully saturated rings. The maximum atomic E-state index is 12.4. The molecule has 7 heteroatoms. The number of ether oxygens (including phenoxy) is 1. The summed E-state index contributed by atoms with van der Waals surface area (Å²) in [6.07, 6.45) is 0.0250. The van der Waals surface area contributed by atoms with E-state index in [2.05, 4.69) is 50.6 Å². The summed E-state index contributed by atoms with van der Waals surface area (Å²) >= 11 is 0. The number of rotatable bonds is 5. The van der Waals surface area contributed by atoms with E-state index in [0.29, 0.717) is 0 Å².